The normalized spacial score (nSPS) is 10.8. The highest BCUT2D eigenvalue weighted by Crippen LogP contribution is 2.37. The summed E-state index contributed by atoms with van der Waals surface area (Å²) in [4.78, 5) is 25.3. The summed E-state index contributed by atoms with van der Waals surface area (Å²) in [5.74, 6) is 0.907. The number of methoxy groups -OCH3 is 3. The minimum atomic E-state index is -1.06. The van der Waals surface area contributed by atoms with Gasteiger partial charge in [0, 0.05) is 11.1 Å². The van der Waals surface area contributed by atoms with Crippen molar-refractivity contribution in [1.82, 2.24) is 0 Å². The van der Waals surface area contributed by atoms with Crippen molar-refractivity contribution in [3.8, 4) is 39.7 Å². The minimum absolute atomic E-state index is 0.185. The molecule has 0 radical (unpaired) electrons. The van der Waals surface area contributed by atoms with Gasteiger partial charge in [-0.2, -0.15) is 0 Å². The van der Waals surface area contributed by atoms with Crippen LogP contribution in [0.4, 0.5) is 0 Å². The maximum Gasteiger partial charge on any atom is 0.308 e. The van der Waals surface area contributed by atoms with E-state index in [9.17, 15) is 14.7 Å². The van der Waals surface area contributed by atoms with Gasteiger partial charge < -0.3 is 23.7 Å². The smallest absolute Gasteiger partial charge is 0.308 e. The number of carboxylic acid groups (broad SMARTS) is 1. The first kappa shape index (κ1) is 22.0. The van der Waals surface area contributed by atoms with Gasteiger partial charge in [0.1, 0.15) is 28.6 Å². The van der Waals surface area contributed by atoms with Gasteiger partial charge in [-0.05, 0) is 54.1 Å². The first-order chi connectivity index (χ1) is 16.0. The third-order valence-electron chi connectivity index (χ3n) is 5.40. The molecule has 33 heavy (non-hydrogen) atoms. The van der Waals surface area contributed by atoms with E-state index in [1.165, 1.54) is 7.11 Å². The zero-order valence-electron chi connectivity index (χ0n) is 18.4. The van der Waals surface area contributed by atoms with Crippen molar-refractivity contribution in [3.63, 3.8) is 0 Å². The predicted octanol–water partition coefficient (Wildman–Crippen LogP) is 4.78. The maximum atomic E-state index is 13.7. The summed E-state index contributed by atoms with van der Waals surface area (Å²) in [5.41, 5.74) is 1.86. The van der Waals surface area contributed by atoms with E-state index in [1.54, 1.807) is 74.9 Å². The molecule has 0 saturated heterocycles. The third-order valence-corrected chi connectivity index (χ3v) is 5.40. The van der Waals surface area contributed by atoms with Crippen molar-refractivity contribution in [1.29, 1.82) is 0 Å². The fraction of sp³-hybridized carbons (Fsp3) is 0.154. The first-order valence-electron chi connectivity index (χ1n) is 10.1. The van der Waals surface area contributed by atoms with Crippen LogP contribution >= 0.6 is 0 Å². The van der Waals surface area contributed by atoms with Crippen LogP contribution in [0.15, 0.2) is 69.9 Å². The van der Waals surface area contributed by atoms with Crippen molar-refractivity contribution in [2.75, 3.05) is 21.3 Å². The fourth-order valence-electron chi connectivity index (χ4n) is 3.77. The average molecular weight is 446 g/mol. The lowest BCUT2D eigenvalue weighted by Gasteiger charge is -2.15. The molecule has 0 spiro atoms. The van der Waals surface area contributed by atoms with E-state index < -0.39 is 5.97 Å². The van der Waals surface area contributed by atoms with E-state index >= 15 is 0 Å². The Balaban J connectivity index is 2.08. The predicted molar refractivity (Wildman–Crippen MR) is 124 cm³/mol. The number of carbonyl (C=O) groups is 1. The third kappa shape index (κ3) is 4.13. The van der Waals surface area contributed by atoms with Crippen molar-refractivity contribution < 1.29 is 28.5 Å². The topological polar surface area (TPSA) is 95.2 Å². The molecule has 1 heterocycles. The second kappa shape index (κ2) is 9.08. The molecule has 4 aromatic rings. The summed E-state index contributed by atoms with van der Waals surface area (Å²) in [6.45, 7) is 0. The number of hydrogen-bond acceptors (Lipinski definition) is 6. The van der Waals surface area contributed by atoms with Crippen molar-refractivity contribution in [2.24, 2.45) is 0 Å². The molecule has 7 heteroatoms. The Labute approximate surface area is 189 Å². The van der Waals surface area contributed by atoms with Gasteiger partial charge in [-0.25, -0.2) is 0 Å². The molecule has 4 rings (SSSR count). The zero-order chi connectivity index (χ0) is 23.5. The number of fused-ring (bicyclic) bond motifs is 1. The summed E-state index contributed by atoms with van der Waals surface area (Å²) in [7, 11) is 4.58. The second-order valence-corrected chi connectivity index (χ2v) is 7.29. The number of aliphatic carboxylic acids is 1. The van der Waals surface area contributed by atoms with Crippen LogP contribution in [0.2, 0.25) is 0 Å². The number of ether oxygens (including phenoxy) is 3. The van der Waals surface area contributed by atoms with Gasteiger partial charge in [0.25, 0.3) is 0 Å². The molecule has 0 aliphatic heterocycles. The van der Waals surface area contributed by atoms with Crippen molar-refractivity contribution in [3.05, 3.63) is 76.5 Å². The Kier molecular flexibility index (Phi) is 6.04. The lowest BCUT2D eigenvalue weighted by atomic mass is 9.96. The molecule has 0 unspecified atom stereocenters. The summed E-state index contributed by atoms with van der Waals surface area (Å²) in [6, 6.07) is 17.4. The van der Waals surface area contributed by atoms with Crippen LogP contribution in [0.1, 0.15) is 5.56 Å². The van der Waals surface area contributed by atoms with Gasteiger partial charge in [0.05, 0.1) is 38.7 Å². The number of benzene rings is 3. The van der Waals surface area contributed by atoms with Crippen LogP contribution in [-0.2, 0) is 11.2 Å². The van der Waals surface area contributed by atoms with E-state index in [2.05, 4.69) is 0 Å². The molecule has 0 saturated carbocycles. The molecule has 0 fully saturated rings. The molecule has 7 nitrogen and oxygen atoms in total. The molecular weight excluding hydrogens is 424 g/mol. The van der Waals surface area contributed by atoms with Gasteiger partial charge in [-0.15, -0.1) is 0 Å². The Bertz CT molecular complexity index is 1370. The molecule has 1 N–H and O–H groups in total. The molecule has 3 aromatic carbocycles. The largest absolute Gasteiger partial charge is 0.497 e. The van der Waals surface area contributed by atoms with Gasteiger partial charge >= 0.3 is 5.97 Å². The highest BCUT2D eigenvalue weighted by atomic mass is 16.5. The maximum absolute atomic E-state index is 13.7. The van der Waals surface area contributed by atoms with E-state index in [4.69, 9.17) is 18.6 Å². The molecule has 0 atom stereocenters. The highest BCUT2D eigenvalue weighted by molar-refractivity contribution is 5.93. The Hall–Kier alpha value is -4.26. The summed E-state index contributed by atoms with van der Waals surface area (Å²) < 4.78 is 22.1. The number of carboxylic acids is 1. The number of rotatable bonds is 7. The summed E-state index contributed by atoms with van der Waals surface area (Å²) in [6.07, 6.45) is -0.354. The Morgan fingerprint density at radius 2 is 1.39 bits per heavy atom. The van der Waals surface area contributed by atoms with Crippen molar-refractivity contribution >= 4 is 16.9 Å². The summed E-state index contributed by atoms with van der Waals surface area (Å²) >= 11 is 0. The molecule has 0 bridgehead atoms. The SMILES string of the molecule is COc1ccc(-c2oc3c(CC(=O)O)c(OC)ccc3c(=O)c2-c2ccc(OC)cc2)cc1. The lowest BCUT2D eigenvalue weighted by Crippen LogP contribution is -2.10. The van der Waals surface area contributed by atoms with Crippen LogP contribution in [0.25, 0.3) is 33.4 Å². The van der Waals surface area contributed by atoms with Gasteiger partial charge in [-0.3, -0.25) is 9.59 Å². The van der Waals surface area contributed by atoms with Gasteiger partial charge in [0.15, 0.2) is 0 Å². The van der Waals surface area contributed by atoms with Gasteiger partial charge in [0.2, 0.25) is 5.43 Å². The molecule has 0 amide bonds. The minimum Gasteiger partial charge on any atom is -0.497 e. The first-order valence-corrected chi connectivity index (χ1v) is 10.1. The van der Waals surface area contributed by atoms with E-state index in [0.717, 1.165) is 0 Å². The quantitative estimate of drug-likeness (QED) is 0.436. The van der Waals surface area contributed by atoms with Crippen LogP contribution in [0.3, 0.4) is 0 Å². The molecule has 168 valence electrons. The molecule has 0 aliphatic rings. The van der Waals surface area contributed by atoms with Crippen LogP contribution < -0.4 is 19.6 Å². The average Bonchev–Trinajstić information content (AvgIpc) is 2.84. The lowest BCUT2D eigenvalue weighted by molar-refractivity contribution is -0.136. The van der Waals surface area contributed by atoms with Crippen molar-refractivity contribution in [2.45, 2.75) is 6.42 Å². The second-order valence-electron chi connectivity index (χ2n) is 7.29. The van der Waals surface area contributed by atoms with Gasteiger partial charge in [-0.1, -0.05) is 12.1 Å². The van der Waals surface area contributed by atoms with E-state index in [0.29, 0.717) is 45.3 Å². The molecule has 0 aliphatic carbocycles. The van der Waals surface area contributed by atoms with E-state index in [-0.39, 0.29) is 22.8 Å². The Morgan fingerprint density at radius 3 is 1.91 bits per heavy atom. The fourth-order valence-corrected chi connectivity index (χ4v) is 3.77. The van der Waals surface area contributed by atoms with E-state index in [1.807, 2.05) is 0 Å². The van der Waals surface area contributed by atoms with Crippen LogP contribution in [0.5, 0.6) is 17.2 Å². The summed E-state index contributed by atoms with van der Waals surface area (Å²) in [5, 5.41) is 9.71. The Morgan fingerprint density at radius 1 is 0.818 bits per heavy atom. The standard InChI is InChI=1S/C26H22O7/c1-30-17-8-4-15(5-9-17)23-24(29)19-12-13-21(32-3)20(14-22(27)28)26(19)33-25(23)16-6-10-18(31-2)11-7-16/h4-13H,14H2,1-3H3,(H,27,28). The molecular formula is C26H22O7. The molecule has 1 aromatic heterocycles. The highest BCUT2D eigenvalue weighted by Gasteiger charge is 2.22. The van der Waals surface area contributed by atoms with Crippen LogP contribution in [-0.4, -0.2) is 32.4 Å². The van der Waals surface area contributed by atoms with Crippen LogP contribution in [0, 0.1) is 0 Å². The zero-order valence-corrected chi connectivity index (χ0v) is 18.4. The number of hydrogen-bond donors (Lipinski definition) is 1. The monoisotopic (exact) mass is 446 g/mol.